The summed E-state index contributed by atoms with van der Waals surface area (Å²) >= 11 is 1.51. The normalized spacial score (nSPS) is 15.4. The Hall–Kier alpha value is -2.42. The van der Waals surface area contributed by atoms with E-state index in [1.807, 2.05) is 6.26 Å². The zero-order valence-electron chi connectivity index (χ0n) is 18.9. The predicted molar refractivity (Wildman–Crippen MR) is 123 cm³/mol. The summed E-state index contributed by atoms with van der Waals surface area (Å²) in [5.74, 6) is -4.14. The molecule has 0 fully saturated rings. The van der Waals surface area contributed by atoms with Crippen LogP contribution in [0.25, 0.3) is 0 Å². The van der Waals surface area contributed by atoms with Crippen LogP contribution in [-0.2, 0) is 24.0 Å². The zero-order chi connectivity index (χ0) is 25.6. The molecule has 0 aliphatic rings. The maximum Gasteiger partial charge on any atom is 0.328 e. The molecule has 4 amide bonds. The number of aliphatic carboxylic acids is 1. The van der Waals surface area contributed by atoms with E-state index in [-0.39, 0.29) is 6.42 Å². The first-order valence-electron chi connectivity index (χ1n) is 10.5. The molecule has 0 saturated carbocycles. The lowest BCUT2D eigenvalue weighted by Crippen LogP contribution is -2.58. The van der Waals surface area contributed by atoms with Crippen molar-refractivity contribution in [1.82, 2.24) is 16.0 Å². The van der Waals surface area contributed by atoms with E-state index in [0.717, 1.165) is 6.92 Å². The fourth-order valence-corrected chi connectivity index (χ4v) is 3.23. The van der Waals surface area contributed by atoms with Gasteiger partial charge in [-0.05, 0) is 51.2 Å². The molecular weight excluding hydrogens is 456 g/mol. The van der Waals surface area contributed by atoms with Gasteiger partial charge in [0.05, 0.1) is 18.6 Å². The number of carbonyl (C=O) groups is 5. The van der Waals surface area contributed by atoms with E-state index in [2.05, 4.69) is 16.0 Å². The summed E-state index contributed by atoms with van der Waals surface area (Å²) in [6.07, 6.45) is 1.46. The van der Waals surface area contributed by atoms with Crippen LogP contribution in [0.2, 0.25) is 0 Å². The molecule has 0 saturated heterocycles. The predicted octanol–water partition coefficient (Wildman–Crippen LogP) is -3.01. The van der Waals surface area contributed by atoms with Gasteiger partial charge in [0, 0.05) is 0 Å². The van der Waals surface area contributed by atoms with E-state index in [1.165, 1.54) is 11.8 Å². The Bertz CT molecular complexity index is 679. The van der Waals surface area contributed by atoms with Gasteiger partial charge < -0.3 is 43.4 Å². The Labute approximate surface area is 196 Å². The van der Waals surface area contributed by atoms with Gasteiger partial charge >= 0.3 is 5.97 Å². The number of amides is 4. The molecule has 0 aromatic rings. The molecule has 5 unspecified atom stereocenters. The van der Waals surface area contributed by atoms with E-state index in [9.17, 15) is 29.1 Å². The van der Waals surface area contributed by atoms with Crippen LogP contribution in [0.3, 0.4) is 0 Å². The lowest BCUT2D eigenvalue weighted by molar-refractivity contribution is -0.145. The summed E-state index contributed by atoms with van der Waals surface area (Å²) in [6.45, 7) is 1.53. The standard InChI is InChI=1S/C19H36N6O7S/c1-10(26)15(19(31)32)25-18(30)13(9-14(22)27)24-17(29)12(5-3-4-7-20)23-16(28)11(21)6-8-33-2/h10-13,15,26H,3-9,20-21H2,1-2H3,(H2,22,27)(H,23,28)(H,24,29)(H,25,30)(H,31,32). The van der Waals surface area contributed by atoms with E-state index in [4.69, 9.17) is 22.3 Å². The van der Waals surface area contributed by atoms with Crippen molar-refractivity contribution in [2.75, 3.05) is 18.6 Å². The molecule has 11 N–H and O–H groups in total. The molecule has 0 aliphatic heterocycles. The minimum Gasteiger partial charge on any atom is -0.480 e. The summed E-state index contributed by atoms with van der Waals surface area (Å²) in [6, 6.07) is -5.09. The smallest absolute Gasteiger partial charge is 0.328 e. The second-order valence-corrected chi connectivity index (χ2v) is 8.52. The Morgan fingerprint density at radius 3 is 2.00 bits per heavy atom. The quantitative estimate of drug-likeness (QED) is 0.0956. The number of rotatable bonds is 17. The highest BCUT2D eigenvalue weighted by molar-refractivity contribution is 7.98. The average molecular weight is 493 g/mol. The third-order valence-corrected chi connectivity index (χ3v) is 5.28. The van der Waals surface area contributed by atoms with Crippen LogP contribution in [0.4, 0.5) is 0 Å². The summed E-state index contributed by atoms with van der Waals surface area (Å²) < 4.78 is 0. The minimum atomic E-state index is -1.67. The topological polar surface area (TPSA) is 240 Å². The van der Waals surface area contributed by atoms with E-state index in [0.29, 0.717) is 31.6 Å². The molecule has 0 spiro atoms. The van der Waals surface area contributed by atoms with Crippen LogP contribution >= 0.6 is 11.8 Å². The van der Waals surface area contributed by atoms with Crippen LogP contribution in [0.5, 0.6) is 0 Å². The number of aliphatic hydroxyl groups excluding tert-OH is 1. The molecule has 14 heteroatoms. The molecule has 0 aromatic carbocycles. The number of carboxylic acids is 1. The molecular formula is C19H36N6O7S. The number of primary amides is 1. The number of nitrogens with one attached hydrogen (secondary N) is 3. The Morgan fingerprint density at radius 2 is 1.52 bits per heavy atom. The van der Waals surface area contributed by atoms with Crippen LogP contribution in [0.1, 0.15) is 39.0 Å². The van der Waals surface area contributed by atoms with Gasteiger partial charge in [0.1, 0.15) is 12.1 Å². The third-order valence-electron chi connectivity index (χ3n) is 4.63. The highest BCUT2D eigenvalue weighted by Crippen LogP contribution is 2.06. The number of carboxylic acid groups (broad SMARTS) is 1. The zero-order valence-corrected chi connectivity index (χ0v) is 19.7. The van der Waals surface area contributed by atoms with Gasteiger partial charge in [0.15, 0.2) is 6.04 Å². The van der Waals surface area contributed by atoms with Crippen molar-refractivity contribution in [1.29, 1.82) is 0 Å². The van der Waals surface area contributed by atoms with Crippen molar-refractivity contribution >= 4 is 41.4 Å². The van der Waals surface area contributed by atoms with Crippen molar-refractivity contribution in [3.63, 3.8) is 0 Å². The first-order chi connectivity index (χ1) is 15.4. The maximum absolute atomic E-state index is 12.9. The number of nitrogens with two attached hydrogens (primary N) is 3. The highest BCUT2D eigenvalue weighted by atomic mass is 32.2. The number of unbranched alkanes of at least 4 members (excludes halogenated alkanes) is 1. The molecule has 33 heavy (non-hydrogen) atoms. The number of carbonyl (C=O) groups excluding carboxylic acids is 4. The summed E-state index contributed by atoms with van der Waals surface area (Å²) in [7, 11) is 0. The molecule has 190 valence electrons. The number of hydrogen-bond acceptors (Lipinski definition) is 9. The molecule has 0 heterocycles. The van der Waals surface area contributed by atoms with Gasteiger partial charge in [0.2, 0.25) is 23.6 Å². The number of hydrogen-bond donors (Lipinski definition) is 8. The van der Waals surface area contributed by atoms with Crippen molar-refractivity contribution < 1.29 is 34.2 Å². The number of aliphatic hydroxyl groups is 1. The Balaban J connectivity index is 5.47. The molecule has 5 atom stereocenters. The van der Waals surface area contributed by atoms with E-state index < -0.39 is 66.3 Å². The van der Waals surface area contributed by atoms with Gasteiger partial charge in [-0.25, -0.2) is 4.79 Å². The van der Waals surface area contributed by atoms with Crippen LogP contribution in [0, 0.1) is 0 Å². The van der Waals surface area contributed by atoms with E-state index in [1.54, 1.807) is 0 Å². The average Bonchev–Trinajstić information content (AvgIpc) is 2.73. The molecule has 0 aromatic heterocycles. The molecule has 0 radical (unpaired) electrons. The lowest BCUT2D eigenvalue weighted by atomic mass is 10.1. The molecule has 0 bridgehead atoms. The number of thioether (sulfide) groups is 1. The van der Waals surface area contributed by atoms with Gasteiger partial charge in [-0.3, -0.25) is 19.2 Å². The van der Waals surface area contributed by atoms with Gasteiger partial charge in [-0.2, -0.15) is 11.8 Å². The van der Waals surface area contributed by atoms with Gasteiger partial charge in [-0.1, -0.05) is 0 Å². The molecule has 13 nitrogen and oxygen atoms in total. The highest BCUT2D eigenvalue weighted by Gasteiger charge is 2.32. The van der Waals surface area contributed by atoms with Crippen LogP contribution in [0.15, 0.2) is 0 Å². The second kappa shape index (κ2) is 16.2. The fourth-order valence-electron chi connectivity index (χ4n) is 2.74. The monoisotopic (exact) mass is 492 g/mol. The van der Waals surface area contributed by atoms with Crippen molar-refractivity contribution in [2.24, 2.45) is 17.2 Å². The summed E-state index contributed by atoms with van der Waals surface area (Å²) in [4.78, 5) is 60.4. The Morgan fingerprint density at radius 1 is 0.939 bits per heavy atom. The van der Waals surface area contributed by atoms with Crippen molar-refractivity contribution in [2.45, 2.75) is 69.3 Å². The summed E-state index contributed by atoms with van der Waals surface area (Å²) in [5.41, 5.74) is 16.5. The van der Waals surface area contributed by atoms with Crippen LogP contribution in [-0.4, -0.2) is 88.6 Å². The first kappa shape index (κ1) is 30.6. The Kier molecular flexibility index (Phi) is 15.0. The van der Waals surface area contributed by atoms with Gasteiger partial charge in [0.25, 0.3) is 0 Å². The second-order valence-electron chi connectivity index (χ2n) is 7.53. The first-order valence-corrected chi connectivity index (χ1v) is 11.9. The summed E-state index contributed by atoms with van der Waals surface area (Å²) in [5, 5.41) is 25.6. The van der Waals surface area contributed by atoms with E-state index >= 15 is 0 Å². The van der Waals surface area contributed by atoms with Crippen LogP contribution < -0.4 is 33.2 Å². The lowest BCUT2D eigenvalue weighted by Gasteiger charge is -2.25. The third kappa shape index (κ3) is 12.4. The van der Waals surface area contributed by atoms with Crippen molar-refractivity contribution in [3.8, 4) is 0 Å². The largest absolute Gasteiger partial charge is 0.480 e. The molecule has 0 rings (SSSR count). The maximum atomic E-state index is 12.9. The molecule has 0 aliphatic carbocycles. The van der Waals surface area contributed by atoms with Gasteiger partial charge in [-0.15, -0.1) is 0 Å². The van der Waals surface area contributed by atoms with Crippen molar-refractivity contribution in [3.05, 3.63) is 0 Å². The SMILES string of the molecule is CSCCC(N)C(=O)NC(CCCCN)C(=O)NC(CC(N)=O)C(=O)NC(C(=O)O)C(C)O. The fraction of sp³-hybridized carbons (Fsp3) is 0.737. The minimum absolute atomic E-state index is 0.195.